The molecule has 0 bridgehead atoms. The molecule has 1 fully saturated rings. The summed E-state index contributed by atoms with van der Waals surface area (Å²) in [5.74, 6) is 0.976. The zero-order valence-corrected chi connectivity index (χ0v) is 13.0. The Kier molecular flexibility index (Phi) is 6.60. The van der Waals surface area contributed by atoms with Gasteiger partial charge in [-0.15, -0.1) is 24.8 Å². The molecule has 19 heavy (non-hydrogen) atoms. The largest absolute Gasteiger partial charge is 0.367 e. The number of rotatable bonds is 2. The van der Waals surface area contributed by atoms with Gasteiger partial charge in [0.2, 0.25) is 5.28 Å². The van der Waals surface area contributed by atoms with Gasteiger partial charge in [0, 0.05) is 11.6 Å². The number of aryl methyl sites for hydroxylation is 1. The highest BCUT2D eigenvalue weighted by Gasteiger charge is 2.21. The molecular formula is C12H19Cl3N4. The van der Waals surface area contributed by atoms with Gasteiger partial charge < -0.3 is 10.6 Å². The fraction of sp³-hybridized carbons (Fsp3) is 0.667. The van der Waals surface area contributed by atoms with Crippen LogP contribution >= 0.6 is 36.4 Å². The topological polar surface area (TPSA) is 49.8 Å². The van der Waals surface area contributed by atoms with Crippen molar-refractivity contribution in [1.82, 2.24) is 15.3 Å². The lowest BCUT2D eigenvalue weighted by Gasteiger charge is -2.25. The summed E-state index contributed by atoms with van der Waals surface area (Å²) in [5.41, 5.74) is 2.43. The van der Waals surface area contributed by atoms with Gasteiger partial charge in [-0.1, -0.05) is 0 Å². The molecular weight excluding hydrogens is 307 g/mol. The van der Waals surface area contributed by atoms with Gasteiger partial charge in [-0.3, -0.25) is 0 Å². The Bertz CT molecular complexity index is 422. The molecule has 1 aliphatic heterocycles. The van der Waals surface area contributed by atoms with E-state index in [0.717, 1.165) is 50.3 Å². The number of anilines is 1. The predicted octanol–water partition coefficient (Wildman–Crippen LogP) is 2.63. The van der Waals surface area contributed by atoms with Gasteiger partial charge in [0.05, 0.1) is 5.69 Å². The van der Waals surface area contributed by atoms with E-state index < -0.39 is 0 Å². The van der Waals surface area contributed by atoms with E-state index in [2.05, 4.69) is 20.6 Å². The molecule has 0 spiro atoms. The van der Waals surface area contributed by atoms with Gasteiger partial charge in [0.25, 0.3) is 0 Å². The Morgan fingerprint density at radius 1 is 1.11 bits per heavy atom. The number of nitrogens with zero attached hydrogens (tertiary/aromatic N) is 2. The molecule has 3 rings (SSSR count). The van der Waals surface area contributed by atoms with E-state index in [1.807, 2.05) is 0 Å². The van der Waals surface area contributed by atoms with Crippen molar-refractivity contribution < 1.29 is 0 Å². The number of aromatic nitrogens is 2. The van der Waals surface area contributed by atoms with Crippen LogP contribution in [-0.4, -0.2) is 29.1 Å². The minimum absolute atomic E-state index is 0. The standard InChI is InChI=1S/C12H17ClN4.2ClH/c13-12-16-10-3-1-2-9(10)11(17-12)15-8-4-6-14-7-5-8;;/h8,14H,1-7H2,(H,15,16,17);2*1H. The average Bonchev–Trinajstić information content (AvgIpc) is 2.78. The maximum Gasteiger partial charge on any atom is 0.224 e. The van der Waals surface area contributed by atoms with Crippen molar-refractivity contribution in [2.24, 2.45) is 0 Å². The normalized spacial score (nSPS) is 18.2. The molecule has 2 aliphatic rings. The number of hydrogen-bond donors (Lipinski definition) is 2. The third-order valence-corrected chi connectivity index (χ3v) is 3.75. The Morgan fingerprint density at radius 2 is 1.84 bits per heavy atom. The summed E-state index contributed by atoms with van der Waals surface area (Å²) < 4.78 is 0. The van der Waals surface area contributed by atoms with E-state index in [0.29, 0.717) is 11.3 Å². The number of hydrogen-bond acceptors (Lipinski definition) is 4. The van der Waals surface area contributed by atoms with Crippen LogP contribution < -0.4 is 10.6 Å². The van der Waals surface area contributed by atoms with E-state index in [1.54, 1.807) is 0 Å². The van der Waals surface area contributed by atoms with Crippen LogP contribution in [0, 0.1) is 0 Å². The predicted molar refractivity (Wildman–Crippen MR) is 83.1 cm³/mol. The van der Waals surface area contributed by atoms with Gasteiger partial charge in [0.15, 0.2) is 0 Å². The number of halogens is 3. The zero-order chi connectivity index (χ0) is 11.7. The maximum absolute atomic E-state index is 5.97. The molecule has 2 N–H and O–H groups in total. The molecule has 0 aromatic carbocycles. The van der Waals surface area contributed by atoms with E-state index >= 15 is 0 Å². The summed E-state index contributed by atoms with van der Waals surface area (Å²) in [5, 5.41) is 7.29. The van der Waals surface area contributed by atoms with E-state index in [9.17, 15) is 0 Å². The van der Waals surface area contributed by atoms with Crippen LogP contribution in [-0.2, 0) is 12.8 Å². The van der Waals surface area contributed by atoms with Crippen LogP contribution in [0.2, 0.25) is 5.28 Å². The second kappa shape index (κ2) is 7.48. The summed E-state index contributed by atoms with van der Waals surface area (Å²) in [7, 11) is 0. The van der Waals surface area contributed by atoms with Crippen molar-refractivity contribution in [1.29, 1.82) is 0 Å². The molecule has 0 atom stereocenters. The quantitative estimate of drug-likeness (QED) is 0.821. The molecule has 1 aromatic heterocycles. The second-order valence-corrected chi connectivity index (χ2v) is 5.13. The van der Waals surface area contributed by atoms with Crippen LogP contribution in [0.3, 0.4) is 0 Å². The van der Waals surface area contributed by atoms with Crippen LogP contribution in [0.15, 0.2) is 0 Å². The Balaban J connectivity index is 0.000000902. The highest BCUT2D eigenvalue weighted by atomic mass is 35.5. The fourth-order valence-electron chi connectivity index (χ4n) is 2.68. The Morgan fingerprint density at radius 3 is 2.58 bits per heavy atom. The monoisotopic (exact) mass is 324 g/mol. The molecule has 108 valence electrons. The first-order valence-electron chi connectivity index (χ1n) is 6.35. The van der Waals surface area contributed by atoms with E-state index in [4.69, 9.17) is 11.6 Å². The Hall–Kier alpha value is -0.290. The lowest BCUT2D eigenvalue weighted by Crippen LogP contribution is -2.35. The highest BCUT2D eigenvalue weighted by molar-refractivity contribution is 6.28. The third-order valence-electron chi connectivity index (χ3n) is 3.59. The minimum Gasteiger partial charge on any atom is -0.367 e. The molecule has 1 aromatic rings. The third kappa shape index (κ3) is 3.85. The van der Waals surface area contributed by atoms with Crippen molar-refractivity contribution in [3.8, 4) is 0 Å². The van der Waals surface area contributed by atoms with Crippen molar-refractivity contribution in [3.05, 3.63) is 16.5 Å². The highest BCUT2D eigenvalue weighted by Crippen LogP contribution is 2.28. The van der Waals surface area contributed by atoms with Crippen molar-refractivity contribution in [3.63, 3.8) is 0 Å². The Labute approximate surface area is 130 Å². The molecule has 0 unspecified atom stereocenters. The lowest BCUT2D eigenvalue weighted by molar-refractivity contribution is 0.478. The zero-order valence-electron chi connectivity index (χ0n) is 10.6. The summed E-state index contributed by atoms with van der Waals surface area (Å²) >= 11 is 5.97. The molecule has 2 heterocycles. The molecule has 4 nitrogen and oxygen atoms in total. The van der Waals surface area contributed by atoms with Crippen molar-refractivity contribution in [2.75, 3.05) is 18.4 Å². The van der Waals surface area contributed by atoms with Crippen LogP contribution in [0.1, 0.15) is 30.5 Å². The molecule has 0 saturated carbocycles. The summed E-state index contributed by atoms with van der Waals surface area (Å²) in [6, 6.07) is 0.520. The summed E-state index contributed by atoms with van der Waals surface area (Å²) in [4.78, 5) is 8.67. The number of fused-ring (bicyclic) bond motifs is 1. The first-order chi connectivity index (χ1) is 8.33. The van der Waals surface area contributed by atoms with Gasteiger partial charge >= 0.3 is 0 Å². The molecule has 1 saturated heterocycles. The molecule has 7 heteroatoms. The van der Waals surface area contributed by atoms with Gasteiger partial charge in [-0.25, -0.2) is 9.97 Å². The summed E-state index contributed by atoms with van der Waals surface area (Å²) in [6.45, 7) is 2.16. The second-order valence-electron chi connectivity index (χ2n) is 4.79. The van der Waals surface area contributed by atoms with Crippen molar-refractivity contribution >= 4 is 42.2 Å². The summed E-state index contributed by atoms with van der Waals surface area (Å²) in [6.07, 6.45) is 5.59. The maximum atomic E-state index is 5.97. The number of nitrogens with one attached hydrogen (secondary N) is 2. The van der Waals surface area contributed by atoms with Gasteiger partial charge in [-0.2, -0.15) is 0 Å². The van der Waals surface area contributed by atoms with Crippen molar-refractivity contribution in [2.45, 2.75) is 38.1 Å². The van der Waals surface area contributed by atoms with E-state index in [1.165, 1.54) is 12.0 Å². The SMILES string of the molecule is Cl.Cl.Clc1nc2c(c(NC3CCNCC3)n1)CCC2. The fourth-order valence-corrected chi connectivity index (χ4v) is 2.87. The van der Waals surface area contributed by atoms with Crippen LogP contribution in [0.4, 0.5) is 5.82 Å². The van der Waals surface area contributed by atoms with Gasteiger partial charge in [0.1, 0.15) is 5.82 Å². The number of piperidine rings is 1. The molecule has 0 amide bonds. The first kappa shape index (κ1) is 16.8. The van der Waals surface area contributed by atoms with Gasteiger partial charge in [-0.05, 0) is 56.8 Å². The molecule has 1 aliphatic carbocycles. The average molecular weight is 326 g/mol. The minimum atomic E-state index is 0. The van der Waals surface area contributed by atoms with Crippen LogP contribution in [0.25, 0.3) is 0 Å². The van der Waals surface area contributed by atoms with Crippen LogP contribution in [0.5, 0.6) is 0 Å². The lowest BCUT2D eigenvalue weighted by atomic mass is 10.1. The molecule has 0 radical (unpaired) electrons. The smallest absolute Gasteiger partial charge is 0.224 e. The first-order valence-corrected chi connectivity index (χ1v) is 6.73. The van der Waals surface area contributed by atoms with E-state index in [-0.39, 0.29) is 24.8 Å².